The van der Waals surface area contributed by atoms with Crippen LogP contribution in [0.1, 0.15) is 28.4 Å². The summed E-state index contributed by atoms with van der Waals surface area (Å²) >= 11 is 0. The smallest absolute Gasteiger partial charge is 0.185 e. The van der Waals surface area contributed by atoms with Crippen molar-refractivity contribution in [2.45, 2.75) is 6.92 Å². The summed E-state index contributed by atoms with van der Waals surface area (Å²) in [6.45, 7) is 2.57. The Bertz CT molecular complexity index is 677. The van der Waals surface area contributed by atoms with E-state index in [0.717, 1.165) is 11.3 Å². The Morgan fingerprint density at radius 2 is 1.81 bits per heavy atom. The van der Waals surface area contributed by atoms with E-state index in [1.807, 2.05) is 37.3 Å². The second kappa shape index (κ2) is 7.06. The minimum atomic E-state index is -0.0895. The first kappa shape index (κ1) is 14.5. The number of benzene rings is 2. The Morgan fingerprint density at radius 3 is 2.38 bits per heavy atom. The molecule has 2 aromatic carbocycles. The Kier molecular flexibility index (Phi) is 4.89. The summed E-state index contributed by atoms with van der Waals surface area (Å²) in [5, 5.41) is 8.72. The predicted molar refractivity (Wildman–Crippen MR) is 82.1 cm³/mol. The van der Waals surface area contributed by atoms with Crippen molar-refractivity contribution in [3.8, 4) is 11.8 Å². The zero-order valence-corrected chi connectivity index (χ0v) is 11.7. The molecule has 0 radical (unpaired) electrons. The van der Waals surface area contributed by atoms with Crippen LogP contribution < -0.4 is 4.74 Å². The molecule has 0 N–H and O–H groups in total. The minimum Gasteiger partial charge on any atom is -0.494 e. The lowest BCUT2D eigenvalue weighted by Gasteiger charge is -2.02. The quantitative estimate of drug-likeness (QED) is 0.616. The van der Waals surface area contributed by atoms with E-state index in [4.69, 9.17) is 10.00 Å². The van der Waals surface area contributed by atoms with Gasteiger partial charge >= 0.3 is 0 Å². The highest BCUT2D eigenvalue weighted by Crippen LogP contribution is 2.13. The van der Waals surface area contributed by atoms with Gasteiger partial charge < -0.3 is 4.74 Å². The molecule has 104 valence electrons. The molecule has 0 unspecified atom stereocenters. The van der Waals surface area contributed by atoms with Gasteiger partial charge in [-0.05, 0) is 55.0 Å². The van der Waals surface area contributed by atoms with E-state index >= 15 is 0 Å². The molecule has 0 bridgehead atoms. The van der Waals surface area contributed by atoms with Crippen LogP contribution in [0.4, 0.5) is 0 Å². The van der Waals surface area contributed by atoms with Crippen LogP contribution in [0, 0.1) is 11.3 Å². The number of nitrogens with zero attached hydrogens (tertiary/aromatic N) is 1. The largest absolute Gasteiger partial charge is 0.494 e. The van der Waals surface area contributed by atoms with Gasteiger partial charge in [0.1, 0.15) is 5.75 Å². The summed E-state index contributed by atoms with van der Waals surface area (Å²) in [6.07, 6.45) is 3.29. The summed E-state index contributed by atoms with van der Waals surface area (Å²) in [4.78, 5) is 12.0. The topological polar surface area (TPSA) is 50.1 Å². The molecule has 0 aliphatic rings. The summed E-state index contributed by atoms with van der Waals surface area (Å²) in [5.74, 6) is 0.724. The molecule has 2 rings (SSSR count). The summed E-state index contributed by atoms with van der Waals surface area (Å²) < 4.78 is 5.36. The van der Waals surface area contributed by atoms with Crippen molar-refractivity contribution in [2.24, 2.45) is 0 Å². The maximum atomic E-state index is 12.0. The molecule has 0 heterocycles. The van der Waals surface area contributed by atoms with Crippen LogP contribution in [0.15, 0.2) is 54.6 Å². The van der Waals surface area contributed by atoms with E-state index in [2.05, 4.69) is 0 Å². The lowest BCUT2D eigenvalue weighted by molar-refractivity contribution is 0.104. The number of rotatable bonds is 5. The lowest BCUT2D eigenvalue weighted by atomic mass is 10.1. The number of carbonyl (C=O) groups is 1. The Labute approximate surface area is 124 Å². The van der Waals surface area contributed by atoms with Crippen molar-refractivity contribution in [3.63, 3.8) is 0 Å². The monoisotopic (exact) mass is 277 g/mol. The number of nitriles is 1. The molecular formula is C18H15NO2. The molecule has 3 heteroatoms. The summed E-state index contributed by atoms with van der Waals surface area (Å²) in [7, 11) is 0. The molecule has 0 aromatic heterocycles. The van der Waals surface area contributed by atoms with E-state index in [0.29, 0.717) is 17.7 Å². The Hall–Kier alpha value is -2.86. The normalized spacial score (nSPS) is 10.3. The van der Waals surface area contributed by atoms with Crippen LogP contribution in [-0.2, 0) is 0 Å². The SMILES string of the molecule is CCOc1ccc(/C=C/C(=O)c2ccc(C#N)cc2)cc1. The first-order chi connectivity index (χ1) is 10.2. The van der Waals surface area contributed by atoms with Crippen molar-refractivity contribution in [1.82, 2.24) is 0 Å². The van der Waals surface area contributed by atoms with E-state index in [1.165, 1.54) is 6.08 Å². The molecule has 2 aromatic rings. The third-order valence-corrected chi connectivity index (χ3v) is 2.92. The van der Waals surface area contributed by atoms with E-state index < -0.39 is 0 Å². The lowest BCUT2D eigenvalue weighted by Crippen LogP contribution is -1.94. The van der Waals surface area contributed by atoms with Gasteiger partial charge in [0.15, 0.2) is 5.78 Å². The van der Waals surface area contributed by atoms with Gasteiger partial charge in [-0.15, -0.1) is 0 Å². The third-order valence-electron chi connectivity index (χ3n) is 2.92. The van der Waals surface area contributed by atoms with Crippen LogP contribution in [0.3, 0.4) is 0 Å². The molecule has 0 fully saturated rings. The molecule has 0 saturated heterocycles. The molecular weight excluding hydrogens is 262 g/mol. The zero-order valence-electron chi connectivity index (χ0n) is 11.7. The van der Waals surface area contributed by atoms with Crippen LogP contribution in [0.25, 0.3) is 6.08 Å². The zero-order chi connectivity index (χ0) is 15.1. The molecule has 0 saturated carbocycles. The Morgan fingerprint density at radius 1 is 1.14 bits per heavy atom. The first-order valence-corrected chi connectivity index (χ1v) is 6.68. The minimum absolute atomic E-state index is 0.0895. The number of ether oxygens (including phenoxy) is 1. The van der Waals surface area contributed by atoms with Crippen LogP contribution >= 0.6 is 0 Å². The highest BCUT2D eigenvalue weighted by atomic mass is 16.5. The number of hydrogen-bond acceptors (Lipinski definition) is 3. The number of hydrogen-bond donors (Lipinski definition) is 0. The van der Waals surface area contributed by atoms with Crippen LogP contribution in [-0.4, -0.2) is 12.4 Å². The van der Waals surface area contributed by atoms with E-state index in [9.17, 15) is 4.79 Å². The summed E-state index contributed by atoms with van der Waals surface area (Å²) in [5.41, 5.74) is 2.04. The molecule has 0 aliphatic heterocycles. The maximum Gasteiger partial charge on any atom is 0.185 e. The van der Waals surface area contributed by atoms with E-state index in [1.54, 1.807) is 30.3 Å². The van der Waals surface area contributed by atoms with E-state index in [-0.39, 0.29) is 5.78 Å². The summed E-state index contributed by atoms with van der Waals surface area (Å²) in [6, 6.07) is 16.1. The van der Waals surface area contributed by atoms with Gasteiger partial charge in [0.05, 0.1) is 18.2 Å². The highest BCUT2D eigenvalue weighted by molar-refractivity contribution is 6.06. The maximum absolute atomic E-state index is 12.0. The van der Waals surface area contributed by atoms with Gasteiger partial charge in [-0.1, -0.05) is 18.2 Å². The fourth-order valence-electron chi connectivity index (χ4n) is 1.82. The van der Waals surface area contributed by atoms with Crippen LogP contribution in [0.2, 0.25) is 0 Å². The third kappa shape index (κ3) is 4.05. The van der Waals surface area contributed by atoms with Crippen molar-refractivity contribution in [3.05, 3.63) is 71.3 Å². The average molecular weight is 277 g/mol. The second-order valence-corrected chi connectivity index (χ2v) is 4.39. The number of carbonyl (C=O) groups excluding carboxylic acids is 1. The van der Waals surface area contributed by atoms with Crippen molar-refractivity contribution < 1.29 is 9.53 Å². The van der Waals surface area contributed by atoms with Crippen LogP contribution in [0.5, 0.6) is 5.75 Å². The molecule has 21 heavy (non-hydrogen) atoms. The van der Waals surface area contributed by atoms with Gasteiger partial charge in [-0.25, -0.2) is 0 Å². The second-order valence-electron chi connectivity index (χ2n) is 4.39. The molecule has 0 amide bonds. The van der Waals surface area contributed by atoms with Gasteiger partial charge in [-0.3, -0.25) is 4.79 Å². The first-order valence-electron chi connectivity index (χ1n) is 6.68. The fourth-order valence-corrected chi connectivity index (χ4v) is 1.82. The molecule has 0 aliphatic carbocycles. The van der Waals surface area contributed by atoms with Gasteiger partial charge in [-0.2, -0.15) is 5.26 Å². The standard InChI is InChI=1S/C18H15NO2/c1-2-21-17-10-5-14(6-11-17)7-12-18(20)16-8-3-15(13-19)4-9-16/h3-12H,2H2,1H3/b12-7+. The predicted octanol–water partition coefficient (Wildman–Crippen LogP) is 3.85. The molecule has 0 atom stereocenters. The molecule has 3 nitrogen and oxygen atoms in total. The highest BCUT2D eigenvalue weighted by Gasteiger charge is 2.01. The average Bonchev–Trinajstić information content (AvgIpc) is 2.54. The van der Waals surface area contributed by atoms with Gasteiger partial charge in [0.2, 0.25) is 0 Å². The van der Waals surface area contributed by atoms with Crippen molar-refractivity contribution >= 4 is 11.9 Å². The van der Waals surface area contributed by atoms with Crippen molar-refractivity contribution in [1.29, 1.82) is 5.26 Å². The van der Waals surface area contributed by atoms with Crippen molar-refractivity contribution in [2.75, 3.05) is 6.61 Å². The van der Waals surface area contributed by atoms with Gasteiger partial charge in [0, 0.05) is 5.56 Å². The Balaban J connectivity index is 2.05. The molecule has 0 spiro atoms. The van der Waals surface area contributed by atoms with Gasteiger partial charge in [0.25, 0.3) is 0 Å². The number of allylic oxidation sites excluding steroid dienone is 1. The number of ketones is 1. The fraction of sp³-hybridized carbons (Fsp3) is 0.111.